The van der Waals surface area contributed by atoms with Gasteiger partial charge in [-0.3, -0.25) is 14.7 Å². The van der Waals surface area contributed by atoms with Crippen molar-refractivity contribution in [1.29, 1.82) is 0 Å². The molecule has 2 aliphatic heterocycles. The maximum absolute atomic E-state index is 12.6. The van der Waals surface area contributed by atoms with E-state index in [1.807, 2.05) is 0 Å². The molecule has 0 aliphatic carbocycles. The molecule has 2 aliphatic rings. The highest BCUT2D eigenvalue weighted by Gasteiger charge is 2.42. The van der Waals surface area contributed by atoms with Crippen molar-refractivity contribution in [3.63, 3.8) is 0 Å². The van der Waals surface area contributed by atoms with Crippen LogP contribution in [0.25, 0.3) is 0 Å². The van der Waals surface area contributed by atoms with Gasteiger partial charge in [-0.1, -0.05) is 0 Å². The van der Waals surface area contributed by atoms with E-state index in [2.05, 4.69) is 37.0 Å². The summed E-state index contributed by atoms with van der Waals surface area (Å²) in [4.78, 5) is 32.1. The monoisotopic (exact) mass is 458 g/mol. The average molecular weight is 458 g/mol. The first kappa shape index (κ1) is 23.1. The van der Waals surface area contributed by atoms with Crippen LogP contribution in [0.15, 0.2) is 35.4 Å². The van der Waals surface area contributed by atoms with Gasteiger partial charge in [-0.2, -0.15) is 24.5 Å². The van der Waals surface area contributed by atoms with Crippen molar-refractivity contribution in [2.75, 3.05) is 18.5 Å². The number of piperidine rings is 1. The van der Waals surface area contributed by atoms with Gasteiger partial charge in [0.1, 0.15) is 0 Å². The number of hydrogen-bond acceptors (Lipinski definition) is 7. The predicted octanol–water partition coefficient (Wildman–Crippen LogP) is 2.79. The van der Waals surface area contributed by atoms with Crippen LogP contribution >= 0.6 is 11.3 Å². The number of anilines is 1. The van der Waals surface area contributed by atoms with Crippen molar-refractivity contribution in [1.82, 2.24) is 14.9 Å². The zero-order valence-corrected chi connectivity index (χ0v) is 17.1. The van der Waals surface area contributed by atoms with Crippen LogP contribution in [0.4, 0.5) is 19.0 Å². The van der Waals surface area contributed by atoms with Gasteiger partial charge in [0, 0.05) is 38.1 Å². The number of likely N-dealkylation sites (tertiary alicyclic amines) is 1. The lowest BCUT2D eigenvalue weighted by Gasteiger charge is -2.40. The topological polar surface area (TPSA) is 105 Å². The van der Waals surface area contributed by atoms with Gasteiger partial charge >= 0.3 is 12.1 Å². The Morgan fingerprint density at radius 2 is 2.13 bits per heavy atom. The molecule has 4 rings (SSSR count). The molecule has 0 bridgehead atoms. The van der Waals surface area contributed by atoms with Crippen molar-refractivity contribution >= 4 is 29.0 Å². The number of alkyl halides is 3. The Hall–Kier alpha value is -2.57. The van der Waals surface area contributed by atoms with Crippen LogP contribution in [0.3, 0.4) is 0 Å². The molecule has 0 aromatic carbocycles. The highest BCUT2D eigenvalue weighted by molar-refractivity contribution is 7.07. The second kappa shape index (κ2) is 10.2. The summed E-state index contributed by atoms with van der Waals surface area (Å²) in [6, 6.07) is 2.57. The summed E-state index contributed by atoms with van der Waals surface area (Å²) in [7, 11) is 0. The molecule has 0 unspecified atom stereocenters. The molecule has 2 N–H and O–H groups in total. The zero-order valence-electron chi connectivity index (χ0n) is 16.3. The molecule has 2 saturated heterocycles. The van der Waals surface area contributed by atoms with E-state index in [0.29, 0.717) is 11.9 Å². The van der Waals surface area contributed by atoms with E-state index in [-0.39, 0.29) is 17.9 Å². The molecule has 2 fully saturated rings. The highest BCUT2D eigenvalue weighted by atomic mass is 32.1. The molecule has 0 saturated carbocycles. The zero-order chi connectivity index (χ0) is 22.4. The summed E-state index contributed by atoms with van der Waals surface area (Å²) in [5.74, 6) is -2.35. The number of carboxylic acids is 1. The summed E-state index contributed by atoms with van der Waals surface area (Å²) >= 11 is 1.71. The number of thiophene rings is 1. The maximum atomic E-state index is 12.6. The first-order valence-electron chi connectivity index (χ1n) is 9.47. The number of rotatable bonds is 4. The van der Waals surface area contributed by atoms with Gasteiger partial charge < -0.3 is 15.2 Å². The first-order chi connectivity index (χ1) is 14.7. The van der Waals surface area contributed by atoms with Crippen molar-refractivity contribution in [3.05, 3.63) is 41.0 Å². The fourth-order valence-corrected chi connectivity index (χ4v) is 4.29. The van der Waals surface area contributed by atoms with Gasteiger partial charge in [-0.15, -0.1) is 0 Å². The minimum atomic E-state index is -5.08. The molecule has 3 atom stereocenters. The van der Waals surface area contributed by atoms with Crippen molar-refractivity contribution < 1.29 is 32.6 Å². The molecule has 168 valence electrons. The predicted molar refractivity (Wildman–Crippen MR) is 105 cm³/mol. The van der Waals surface area contributed by atoms with Crippen molar-refractivity contribution in [2.24, 2.45) is 5.92 Å². The van der Waals surface area contributed by atoms with Crippen LogP contribution in [0.5, 0.6) is 0 Å². The minimum Gasteiger partial charge on any atom is -0.475 e. The van der Waals surface area contributed by atoms with E-state index in [1.165, 1.54) is 5.56 Å². The molecule has 1 amide bonds. The van der Waals surface area contributed by atoms with Crippen molar-refractivity contribution in [3.8, 4) is 0 Å². The van der Waals surface area contributed by atoms with Gasteiger partial charge in [0.05, 0.1) is 18.2 Å². The third-order valence-corrected chi connectivity index (χ3v) is 5.74. The van der Waals surface area contributed by atoms with Crippen LogP contribution in [0, 0.1) is 5.92 Å². The molecule has 12 heteroatoms. The molecule has 0 spiro atoms. The maximum Gasteiger partial charge on any atom is 0.490 e. The Morgan fingerprint density at radius 3 is 2.74 bits per heavy atom. The summed E-state index contributed by atoms with van der Waals surface area (Å²) < 4.78 is 37.6. The van der Waals surface area contributed by atoms with Crippen LogP contribution < -0.4 is 5.32 Å². The summed E-state index contributed by atoms with van der Waals surface area (Å²) in [5, 5.41) is 14.3. The lowest BCUT2D eigenvalue weighted by molar-refractivity contribution is -0.192. The van der Waals surface area contributed by atoms with E-state index in [0.717, 1.165) is 32.5 Å². The van der Waals surface area contributed by atoms with Gasteiger partial charge in [0.25, 0.3) is 0 Å². The molecule has 8 nitrogen and oxygen atoms in total. The Labute approximate surface area is 180 Å². The molecular formula is C19H21F3N4O4S. The first-order valence-corrected chi connectivity index (χ1v) is 10.4. The molecule has 31 heavy (non-hydrogen) atoms. The molecular weight excluding hydrogens is 437 g/mol. The number of carboxylic acid groups (broad SMARTS) is 1. The standard InChI is InChI=1S/C17H20N4O2S.C2HF3O2/c22-17(20-16-8-18-3-4-19-16)13-7-15-14(1-5-23-15)21(10-13)9-12-2-6-24-11-12;3-2(4,5)1(6)7/h2-4,6,8,11,13-15H,1,5,7,9-10H2,(H,19,20,22);(H,6,7)/t13-,14+,15+;/m0./s1. The van der Waals surface area contributed by atoms with E-state index in [9.17, 15) is 18.0 Å². The number of halogens is 3. The largest absolute Gasteiger partial charge is 0.490 e. The van der Waals surface area contributed by atoms with E-state index in [1.54, 1.807) is 29.9 Å². The number of aromatic nitrogens is 2. The van der Waals surface area contributed by atoms with Gasteiger partial charge in [-0.05, 0) is 35.2 Å². The summed E-state index contributed by atoms with van der Waals surface area (Å²) in [6.07, 6.45) is 1.63. The van der Waals surface area contributed by atoms with Crippen LogP contribution in [-0.4, -0.2) is 63.3 Å². The Kier molecular flexibility index (Phi) is 7.57. The summed E-state index contributed by atoms with van der Waals surface area (Å²) in [5.41, 5.74) is 1.31. The van der Waals surface area contributed by atoms with E-state index >= 15 is 0 Å². The summed E-state index contributed by atoms with van der Waals surface area (Å²) in [6.45, 7) is 2.42. The quantitative estimate of drug-likeness (QED) is 0.726. The third-order valence-electron chi connectivity index (χ3n) is 5.01. The van der Waals surface area contributed by atoms with Crippen LogP contribution in [0.2, 0.25) is 0 Å². The fraction of sp³-hybridized carbons (Fsp3) is 0.474. The van der Waals surface area contributed by atoms with E-state index < -0.39 is 12.1 Å². The Bertz CT molecular complexity index is 867. The minimum absolute atomic E-state index is 0.000214. The average Bonchev–Trinajstić information content (AvgIpc) is 3.40. The molecule has 2 aromatic rings. The van der Waals surface area contributed by atoms with Gasteiger partial charge in [-0.25, -0.2) is 9.78 Å². The third kappa shape index (κ3) is 6.45. The number of carbonyl (C=O) groups excluding carboxylic acids is 1. The van der Waals surface area contributed by atoms with Gasteiger partial charge in [0.15, 0.2) is 5.82 Å². The number of carbonyl (C=O) groups is 2. The van der Waals surface area contributed by atoms with Crippen LogP contribution in [-0.2, 0) is 20.9 Å². The Balaban J connectivity index is 0.000000339. The second-order valence-electron chi connectivity index (χ2n) is 7.14. The SMILES string of the molecule is O=C(Nc1cnccn1)[C@H]1C[C@H]2OCC[C@H]2N(Cc2ccsc2)C1.O=C(O)C(F)(F)F. The number of fused-ring (bicyclic) bond motifs is 1. The number of nitrogens with zero attached hydrogens (tertiary/aromatic N) is 3. The molecule has 0 radical (unpaired) electrons. The lowest BCUT2D eigenvalue weighted by Crippen LogP contribution is -2.51. The normalized spacial score (nSPS) is 23.4. The second-order valence-corrected chi connectivity index (χ2v) is 7.92. The molecule has 2 aromatic heterocycles. The molecule has 4 heterocycles. The number of ether oxygens (including phenoxy) is 1. The highest BCUT2D eigenvalue weighted by Crippen LogP contribution is 2.33. The number of nitrogens with one attached hydrogen (secondary N) is 1. The Morgan fingerprint density at radius 1 is 1.35 bits per heavy atom. The van der Waals surface area contributed by atoms with Crippen LogP contribution in [0.1, 0.15) is 18.4 Å². The fourth-order valence-electron chi connectivity index (χ4n) is 3.63. The number of hydrogen-bond donors (Lipinski definition) is 2. The smallest absolute Gasteiger partial charge is 0.475 e. The van der Waals surface area contributed by atoms with E-state index in [4.69, 9.17) is 14.6 Å². The number of aliphatic carboxylic acids is 1. The van der Waals surface area contributed by atoms with Gasteiger partial charge in [0.2, 0.25) is 5.91 Å². The lowest BCUT2D eigenvalue weighted by atomic mass is 9.89. The number of amides is 1. The van der Waals surface area contributed by atoms with Crippen molar-refractivity contribution in [2.45, 2.75) is 37.7 Å².